The lowest BCUT2D eigenvalue weighted by Gasteiger charge is -2.18. The van der Waals surface area contributed by atoms with Gasteiger partial charge in [0.15, 0.2) is 0 Å². The Morgan fingerprint density at radius 1 is 1.29 bits per heavy atom. The zero-order valence-electron chi connectivity index (χ0n) is 11.7. The van der Waals surface area contributed by atoms with Crippen LogP contribution in [0.15, 0.2) is 41.3 Å². The van der Waals surface area contributed by atoms with Crippen LogP contribution < -0.4 is 5.73 Å². The maximum absolute atomic E-state index is 13.0. The molecule has 0 bridgehead atoms. The van der Waals surface area contributed by atoms with Crippen LogP contribution in [0.25, 0.3) is 0 Å². The lowest BCUT2D eigenvalue weighted by atomic mass is 10.3. The average molecular weight is 309 g/mol. The van der Waals surface area contributed by atoms with Crippen molar-refractivity contribution in [1.82, 2.24) is 9.29 Å². The van der Waals surface area contributed by atoms with E-state index in [4.69, 9.17) is 5.73 Å². The van der Waals surface area contributed by atoms with Gasteiger partial charge >= 0.3 is 0 Å². The number of benzene rings is 1. The molecule has 0 saturated carbocycles. The van der Waals surface area contributed by atoms with Crippen molar-refractivity contribution in [2.45, 2.75) is 18.4 Å². The maximum atomic E-state index is 13.0. The third-order valence-electron chi connectivity index (χ3n) is 2.99. The van der Waals surface area contributed by atoms with Gasteiger partial charge in [-0.2, -0.15) is 4.31 Å². The first-order chi connectivity index (χ1) is 9.80. The molecule has 0 saturated heterocycles. The highest BCUT2D eigenvalue weighted by Crippen LogP contribution is 2.23. The van der Waals surface area contributed by atoms with Gasteiger partial charge in [0.2, 0.25) is 10.0 Å². The summed E-state index contributed by atoms with van der Waals surface area (Å²) >= 11 is 0. The number of pyridine rings is 1. The van der Waals surface area contributed by atoms with E-state index in [0.717, 1.165) is 22.1 Å². The molecule has 112 valence electrons. The molecule has 1 heterocycles. The minimum Gasteiger partial charge on any atom is -0.398 e. The third kappa shape index (κ3) is 3.37. The van der Waals surface area contributed by atoms with E-state index in [1.165, 1.54) is 13.1 Å². The minimum atomic E-state index is -3.80. The van der Waals surface area contributed by atoms with E-state index in [0.29, 0.717) is 5.69 Å². The van der Waals surface area contributed by atoms with E-state index < -0.39 is 15.8 Å². The number of nitrogen functional groups attached to an aromatic ring is 1. The fourth-order valence-corrected chi connectivity index (χ4v) is 3.16. The Bertz CT molecular complexity index is 763. The molecule has 0 aliphatic rings. The van der Waals surface area contributed by atoms with Crippen LogP contribution in [0.3, 0.4) is 0 Å². The summed E-state index contributed by atoms with van der Waals surface area (Å²) in [6.45, 7) is 1.94. The average Bonchev–Trinajstić information content (AvgIpc) is 2.38. The van der Waals surface area contributed by atoms with Crippen molar-refractivity contribution in [1.29, 1.82) is 0 Å². The summed E-state index contributed by atoms with van der Waals surface area (Å²) < 4.78 is 39.1. The number of aromatic nitrogens is 1. The Kier molecular flexibility index (Phi) is 4.24. The van der Waals surface area contributed by atoms with Gasteiger partial charge < -0.3 is 5.73 Å². The molecule has 0 spiro atoms. The number of hydrogen-bond acceptors (Lipinski definition) is 4. The van der Waals surface area contributed by atoms with E-state index >= 15 is 0 Å². The van der Waals surface area contributed by atoms with Crippen LogP contribution in [0.5, 0.6) is 0 Å². The number of nitrogens with two attached hydrogens (primary N) is 1. The van der Waals surface area contributed by atoms with Gasteiger partial charge in [-0.1, -0.05) is 6.07 Å². The quantitative estimate of drug-likeness (QED) is 0.876. The molecule has 0 fully saturated rings. The number of nitrogens with zero attached hydrogens (tertiary/aromatic N) is 2. The summed E-state index contributed by atoms with van der Waals surface area (Å²) in [7, 11) is -2.36. The highest BCUT2D eigenvalue weighted by Gasteiger charge is 2.24. The van der Waals surface area contributed by atoms with Crippen LogP contribution in [0.1, 0.15) is 11.4 Å². The molecule has 21 heavy (non-hydrogen) atoms. The number of halogens is 1. The second-order valence-electron chi connectivity index (χ2n) is 4.71. The van der Waals surface area contributed by atoms with Crippen molar-refractivity contribution in [2.24, 2.45) is 0 Å². The molecule has 1 aromatic carbocycles. The van der Waals surface area contributed by atoms with E-state index in [1.807, 2.05) is 19.1 Å². The summed E-state index contributed by atoms with van der Waals surface area (Å²) in [5.41, 5.74) is 6.92. The Labute approximate surface area is 123 Å². The number of rotatable bonds is 4. The van der Waals surface area contributed by atoms with Crippen molar-refractivity contribution in [2.75, 3.05) is 12.8 Å². The van der Waals surface area contributed by atoms with Crippen LogP contribution in [0.2, 0.25) is 0 Å². The van der Waals surface area contributed by atoms with Crippen LogP contribution in [-0.4, -0.2) is 24.8 Å². The second-order valence-corrected chi connectivity index (χ2v) is 6.73. The normalized spacial score (nSPS) is 11.8. The molecule has 0 radical (unpaired) electrons. The number of sulfonamides is 1. The second kappa shape index (κ2) is 5.79. The van der Waals surface area contributed by atoms with Crippen LogP contribution in [0, 0.1) is 12.7 Å². The summed E-state index contributed by atoms with van der Waals surface area (Å²) in [4.78, 5) is 4.15. The largest absolute Gasteiger partial charge is 0.398 e. The molecule has 2 N–H and O–H groups in total. The van der Waals surface area contributed by atoms with Crippen LogP contribution in [0.4, 0.5) is 10.1 Å². The van der Waals surface area contributed by atoms with E-state index in [2.05, 4.69) is 4.98 Å². The molecule has 7 heteroatoms. The lowest BCUT2D eigenvalue weighted by Crippen LogP contribution is -2.27. The molecule has 2 rings (SSSR count). The monoisotopic (exact) mass is 309 g/mol. The van der Waals surface area contributed by atoms with Gasteiger partial charge in [0.1, 0.15) is 10.7 Å². The fourth-order valence-electron chi connectivity index (χ4n) is 1.92. The molecule has 0 atom stereocenters. The van der Waals surface area contributed by atoms with Gasteiger partial charge in [0.05, 0.1) is 17.9 Å². The molecule has 2 aromatic rings. The first-order valence-corrected chi connectivity index (χ1v) is 7.68. The van der Waals surface area contributed by atoms with Gasteiger partial charge in [-0.25, -0.2) is 12.8 Å². The number of hydrogen-bond donors (Lipinski definition) is 1. The maximum Gasteiger partial charge on any atom is 0.245 e. The first-order valence-electron chi connectivity index (χ1n) is 6.24. The van der Waals surface area contributed by atoms with Crippen molar-refractivity contribution >= 4 is 15.7 Å². The summed E-state index contributed by atoms with van der Waals surface area (Å²) in [6.07, 6.45) is 0. The lowest BCUT2D eigenvalue weighted by molar-refractivity contribution is 0.462. The van der Waals surface area contributed by atoms with Gasteiger partial charge in [0, 0.05) is 12.7 Å². The molecule has 0 aliphatic heterocycles. The Balaban J connectivity index is 2.30. The Morgan fingerprint density at radius 3 is 2.62 bits per heavy atom. The first kappa shape index (κ1) is 15.4. The van der Waals surface area contributed by atoms with Crippen molar-refractivity contribution in [3.8, 4) is 0 Å². The SMILES string of the molecule is Cc1cccc(CN(C)S(=O)(=O)c2ccc(F)cc2N)n1. The zero-order valence-corrected chi connectivity index (χ0v) is 12.6. The standard InChI is InChI=1S/C14H16FN3O2S/c1-10-4-3-5-12(17-10)9-18(2)21(19,20)14-7-6-11(15)8-13(14)16/h3-8H,9,16H2,1-2H3. The zero-order chi connectivity index (χ0) is 15.6. The van der Waals surface area contributed by atoms with E-state index in [9.17, 15) is 12.8 Å². The van der Waals surface area contributed by atoms with Crippen LogP contribution >= 0.6 is 0 Å². The smallest absolute Gasteiger partial charge is 0.245 e. The Hall–Kier alpha value is -1.99. The van der Waals surface area contributed by atoms with Crippen molar-refractivity contribution in [3.63, 3.8) is 0 Å². The molecule has 1 aromatic heterocycles. The molecule has 0 aliphatic carbocycles. The van der Waals surface area contributed by atoms with Crippen LogP contribution in [-0.2, 0) is 16.6 Å². The van der Waals surface area contributed by atoms with Gasteiger partial charge in [-0.3, -0.25) is 4.98 Å². The van der Waals surface area contributed by atoms with Crippen molar-refractivity contribution in [3.05, 3.63) is 53.6 Å². The molecule has 5 nitrogen and oxygen atoms in total. The fraction of sp³-hybridized carbons (Fsp3) is 0.214. The third-order valence-corrected chi connectivity index (χ3v) is 4.87. The highest BCUT2D eigenvalue weighted by atomic mass is 32.2. The van der Waals surface area contributed by atoms with Gasteiger partial charge in [-0.05, 0) is 37.3 Å². The summed E-state index contributed by atoms with van der Waals surface area (Å²) in [6, 6.07) is 8.61. The summed E-state index contributed by atoms with van der Waals surface area (Å²) in [5.74, 6) is -0.575. The highest BCUT2D eigenvalue weighted by molar-refractivity contribution is 7.89. The van der Waals surface area contributed by atoms with E-state index in [1.54, 1.807) is 6.07 Å². The Morgan fingerprint density at radius 2 is 2.00 bits per heavy atom. The minimum absolute atomic E-state index is 0.112. The number of anilines is 1. The predicted octanol–water partition coefficient (Wildman–Crippen LogP) is 1.93. The van der Waals surface area contributed by atoms with Gasteiger partial charge in [-0.15, -0.1) is 0 Å². The summed E-state index contributed by atoms with van der Waals surface area (Å²) in [5, 5.41) is 0. The van der Waals surface area contributed by atoms with Gasteiger partial charge in [0.25, 0.3) is 0 Å². The number of aryl methyl sites for hydroxylation is 1. The van der Waals surface area contributed by atoms with E-state index in [-0.39, 0.29) is 17.1 Å². The molecule has 0 unspecified atom stereocenters. The molecular weight excluding hydrogens is 293 g/mol. The predicted molar refractivity (Wildman–Crippen MR) is 78.4 cm³/mol. The molecular formula is C14H16FN3O2S. The topological polar surface area (TPSA) is 76.3 Å². The van der Waals surface area contributed by atoms with Crippen molar-refractivity contribution < 1.29 is 12.8 Å². The molecule has 0 amide bonds.